The molecule has 8 nitrogen and oxygen atoms in total. The molecule has 4 saturated carbocycles. The molecule has 0 spiro atoms. The van der Waals surface area contributed by atoms with Gasteiger partial charge in [0.1, 0.15) is 9.84 Å². The lowest BCUT2D eigenvalue weighted by Crippen LogP contribution is -2.75. The number of carboxylic acid groups (broad SMARTS) is 1. The fraction of sp³-hybridized carbons (Fsp3) is 0.881. The van der Waals surface area contributed by atoms with Crippen LogP contribution in [0, 0.1) is 55.2 Å². The number of rotatable bonds is 14. The minimum absolute atomic E-state index is 0.0163. The number of carbonyl (C=O) groups is 1. The number of fused-ring (bicyclic) bond motifs is 7. The van der Waals surface area contributed by atoms with Crippen LogP contribution in [0.1, 0.15) is 219 Å². The maximum absolute atomic E-state index is 12.1. The van der Waals surface area contributed by atoms with Crippen molar-refractivity contribution in [2.75, 3.05) is 43.9 Å². The minimum Gasteiger partial charge on any atom is -0.481 e. The number of carboxylic acids is 1. The highest BCUT2D eigenvalue weighted by molar-refractivity contribution is 7.91. The molecule has 0 aromatic rings. The highest BCUT2D eigenvalue weighted by Crippen LogP contribution is 2.85. The molecule has 0 aromatic heterocycles. The monoisotopic (exact) mass is 1000 g/mol. The number of nitrogens with one attached hydrogen (secondary N) is 1. The molecule has 0 amide bonds. The van der Waals surface area contributed by atoms with E-state index in [4.69, 9.17) is 0 Å². The number of hydrogen-bond acceptors (Lipinski definition) is 7. The topological polar surface area (TPSA) is 121 Å². The van der Waals surface area contributed by atoms with Crippen LogP contribution in [0.15, 0.2) is 35.5 Å². The predicted molar refractivity (Wildman–Crippen MR) is 291 cm³/mol. The Balaban J connectivity index is 0.000000477. The predicted octanol–water partition coefficient (Wildman–Crippen LogP) is 13.8. The molecule has 0 radical (unpaired) electrons. The first kappa shape index (κ1) is 58.4. The van der Waals surface area contributed by atoms with Gasteiger partial charge in [0, 0.05) is 38.0 Å². The van der Waals surface area contributed by atoms with Gasteiger partial charge in [-0.15, -0.1) is 0 Å². The van der Waals surface area contributed by atoms with E-state index in [1.807, 2.05) is 20.8 Å². The molecule has 5 fully saturated rings. The molecule has 1 saturated heterocycles. The Bertz CT molecular complexity index is 2130. The summed E-state index contributed by atoms with van der Waals surface area (Å²) in [6.07, 6.45) is 27.4. The van der Waals surface area contributed by atoms with E-state index in [9.17, 15) is 26.7 Å². The van der Waals surface area contributed by atoms with Gasteiger partial charge in [0.05, 0.1) is 22.2 Å². The Hall–Kier alpha value is -1.49. The molecule has 10 heteroatoms. The molecule has 5 unspecified atom stereocenters. The van der Waals surface area contributed by atoms with E-state index < -0.39 is 31.1 Å². The maximum atomic E-state index is 12.1. The van der Waals surface area contributed by atoms with Gasteiger partial charge in [0.2, 0.25) is 0 Å². The van der Waals surface area contributed by atoms with Gasteiger partial charge in [-0.25, -0.2) is 16.8 Å². The SMILES string of the molecule is C=C(C)[C@@H]1CC[C@]2(NCCN3CCS(=O)(=O)CC3)CC[C@]3(C)C(CC[C@]4(C)C5(C)CC=C(C6=CCC(C)(C(=O)O)CC6)C(C)(C)[C@]5(C)CCC43C)[C@@]12C.CCCC(CC)S(C)(=O)=O.CCCCCC. The largest absolute Gasteiger partial charge is 0.481 e. The normalized spacial score (nSPS) is 40.6. The van der Waals surface area contributed by atoms with Crippen LogP contribution in [-0.4, -0.2) is 87.5 Å². The van der Waals surface area contributed by atoms with Crippen LogP contribution < -0.4 is 5.32 Å². The summed E-state index contributed by atoms with van der Waals surface area (Å²) in [5, 5.41) is 14.1. The van der Waals surface area contributed by atoms with Gasteiger partial charge < -0.3 is 15.3 Å². The zero-order valence-corrected chi connectivity index (χ0v) is 48.7. The molecule has 1 heterocycles. The zero-order valence-electron chi connectivity index (χ0n) is 47.0. The van der Waals surface area contributed by atoms with Crippen molar-refractivity contribution in [3.8, 4) is 0 Å². The maximum Gasteiger partial charge on any atom is 0.309 e. The summed E-state index contributed by atoms with van der Waals surface area (Å²) >= 11 is 0. The molecular weight excluding hydrogens is 897 g/mol. The summed E-state index contributed by atoms with van der Waals surface area (Å²) < 4.78 is 46.1. The molecule has 398 valence electrons. The van der Waals surface area contributed by atoms with E-state index in [0.29, 0.717) is 49.3 Å². The van der Waals surface area contributed by atoms with Gasteiger partial charge in [0.15, 0.2) is 9.84 Å². The number of nitrogens with zero attached hydrogens (tertiary/aromatic N) is 1. The van der Waals surface area contributed by atoms with Crippen LogP contribution >= 0.6 is 0 Å². The molecule has 1 aliphatic heterocycles. The van der Waals surface area contributed by atoms with Crippen LogP contribution in [0.2, 0.25) is 0 Å². The standard InChI is InChI=1S/C46H74N2O4S.C7H16O2S.C6H14/c1-32(2)34-15-21-46(47-26-27-48-28-30-53(51,52)31-29-48)25-22-40(6)36(45(34,46)11)16-20-44(10)42(40,8)24-23-41(7)38(3,4)35(14-19-43(41,44)9)33-12-17-39(5,18-13-33)37(49)50;1-4-6-7(5-2)10(3,8)9;1-3-5-6-4-2/h12,14,34,36,47H,1,13,15-31H2,2-11H3,(H,49,50);7H,4-6H2,1-3H3;3-6H2,1-2H3/t34-,36?,39?,40+,41-,42?,43?,44-,45+,46-;;/m0../s1. The smallest absolute Gasteiger partial charge is 0.309 e. The molecular formula is C59H104N2O6S2. The van der Waals surface area contributed by atoms with Crippen LogP contribution in [0.3, 0.4) is 0 Å². The Kier molecular flexibility index (Phi) is 17.8. The second-order valence-corrected chi connectivity index (χ2v) is 30.8. The summed E-state index contributed by atoms with van der Waals surface area (Å²) in [6, 6.07) is 0. The van der Waals surface area contributed by atoms with Crippen molar-refractivity contribution in [1.82, 2.24) is 10.2 Å². The van der Waals surface area contributed by atoms with E-state index in [0.717, 1.165) is 45.2 Å². The van der Waals surface area contributed by atoms with Crippen molar-refractivity contribution in [1.29, 1.82) is 0 Å². The number of aliphatic carboxylic acids is 1. The van der Waals surface area contributed by atoms with Gasteiger partial charge in [-0.2, -0.15) is 0 Å². The van der Waals surface area contributed by atoms with Crippen LogP contribution in [-0.2, 0) is 24.5 Å². The third-order valence-corrected chi connectivity index (χ3v) is 26.5. The molecule has 7 aliphatic rings. The first-order chi connectivity index (χ1) is 31.9. The van der Waals surface area contributed by atoms with E-state index in [1.165, 1.54) is 100 Å². The Labute approximate surface area is 424 Å². The molecule has 0 bridgehead atoms. The highest BCUT2D eigenvalue weighted by Gasteiger charge is 2.78. The average molecular weight is 1000 g/mol. The Morgan fingerprint density at radius 1 is 0.797 bits per heavy atom. The van der Waals surface area contributed by atoms with Crippen LogP contribution in [0.5, 0.6) is 0 Å². The average Bonchev–Trinajstić information content (AvgIpc) is 3.58. The zero-order chi connectivity index (χ0) is 51.9. The molecule has 2 N–H and O–H groups in total. The molecule has 11 atom stereocenters. The van der Waals surface area contributed by atoms with E-state index >= 15 is 0 Å². The van der Waals surface area contributed by atoms with Gasteiger partial charge in [-0.1, -0.05) is 139 Å². The fourth-order valence-electron chi connectivity index (χ4n) is 17.4. The van der Waals surface area contributed by atoms with Gasteiger partial charge in [-0.05, 0) is 165 Å². The number of sulfone groups is 2. The number of hydrogen-bond donors (Lipinski definition) is 2. The van der Waals surface area contributed by atoms with Crippen LogP contribution in [0.4, 0.5) is 0 Å². The summed E-state index contributed by atoms with van der Waals surface area (Å²) in [7, 11) is -5.65. The number of allylic oxidation sites excluding steroid dienone is 5. The third kappa shape index (κ3) is 9.86. The van der Waals surface area contributed by atoms with Gasteiger partial charge in [0.25, 0.3) is 0 Å². The van der Waals surface area contributed by atoms with Crippen molar-refractivity contribution in [3.05, 3.63) is 35.5 Å². The van der Waals surface area contributed by atoms with Gasteiger partial charge >= 0.3 is 5.97 Å². The first-order valence-electron chi connectivity index (χ1n) is 28.0. The summed E-state index contributed by atoms with van der Waals surface area (Å²) in [4.78, 5) is 14.5. The summed E-state index contributed by atoms with van der Waals surface area (Å²) in [5.41, 5.74) is 4.57. The van der Waals surface area contributed by atoms with E-state index in [-0.39, 0.29) is 48.7 Å². The summed E-state index contributed by atoms with van der Waals surface area (Å²) in [5.74, 6) is 1.03. The number of unbranched alkanes of at least 4 members (excludes halogenated alkanes) is 3. The lowest BCUT2D eigenvalue weighted by atomic mass is 9.24. The van der Waals surface area contributed by atoms with Crippen molar-refractivity contribution in [2.45, 2.75) is 230 Å². The Morgan fingerprint density at radius 3 is 1.90 bits per heavy atom. The fourth-order valence-corrected chi connectivity index (χ4v) is 19.9. The van der Waals surface area contributed by atoms with Crippen LogP contribution in [0.25, 0.3) is 0 Å². The van der Waals surface area contributed by atoms with Crippen molar-refractivity contribution >= 4 is 25.6 Å². The van der Waals surface area contributed by atoms with E-state index in [1.54, 1.807) is 0 Å². The third-order valence-electron chi connectivity index (χ3n) is 23.1. The quantitative estimate of drug-likeness (QED) is 0.130. The molecule has 69 heavy (non-hydrogen) atoms. The van der Waals surface area contributed by atoms with Gasteiger partial charge in [-0.3, -0.25) is 4.79 Å². The summed E-state index contributed by atoms with van der Waals surface area (Å²) in [6.45, 7) is 41.7. The second kappa shape index (κ2) is 21.0. The lowest BCUT2D eigenvalue weighted by Gasteiger charge is -2.80. The molecule has 7 rings (SSSR count). The Morgan fingerprint density at radius 2 is 1.41 bits per heavy atom. The van der Waals surface area contributed by atoms with Crippen molar-refractivity contribution in [2.24, 2.45) is 55.2 Å². The first-order valence-corrected chi connectivity index (χ1v) is 31.8. The minimum atomic E-state index is -2.88. The van der Waals surface area contributed by atoms with E-state index in [2.05, 4.69) is 105 Å². The molecule has 6 aliphatic carbocycles. The molecule has 0 aromatic carbocycles. The van der Waals surface area contributed by atoms with Crippen molar-refractivity contribution in [3.63, 3.8) is 0 Å². The highest BCUT2D eigenvalue weighted by atomic mass is 32.2. The second-order valence-electron chi connectivity index (χ2n) is 26.2. The van der Waals surface area contributed by atoms with Crippen molar-refractivity contribution < 1.29 is 26.7 Å². The lowest BCUT2D eigenvalue weighted by molar-refractivity contribution is -0.304.